The maximum atomic E-state index is 12.3. The van der Waals surface area contributed by atoms with E-state index in [0.717, 1.165) is 17.5 Å². The third kappa shape index (κ3) is 7.77. The number of carbonyl (C=O) groups is 2. The molecule has 6 nitrogen and oxygen atoms in total. The molecule has 0 N–H and O–H groups in total. The molecule has 174 valence electrons. The average molecular weight is 443 g/mol. The Morgan fingerprint density at radius 3 is 1.38 bits per heavy atom. The van der Waals surface area contributed by atoms with Crippen LogP contribution in [0.5, 0.6) is 0 Å². The van der Waals surface area contributed by atoms with Gasteiger partial charge >= 0.3 is 11.9 Å². The molecule has 0 aliphatic carbocycles. The van der Waals surface area contributed by atoms with E-state index >= 15 is 0 Å². The van der Waals surface area contributed by atoms with Crippen molar-refractivity contribution in [2.24, 2.45) is 5.92 Å². The van der Waals surface area contributed by atoms with Crippen LogP contribution in [0.2, 0.25) is 0 Å². The molecule has 1 atom stereocenters. The summed E-state index contributed by atoms with van der Waals surface area (Å²) in [6.45, 7) is 12.3. The van der Waals surface area contributed by atoms with Crippen LogP contribution in [0.15, 0.2) is 48.5 Å². The number of carbonyl (C=O) groups excluding carboxylic acids is 2. The Morgan fingerprint density at radius 2 is 1.06 bits per heavy atom. The van der Waals surface area contributed by atoms with E-state index in [1.165, 1.54) is 0 Å². The third-order valence-electron chi connectivity index (χ3n) is 5.38. The summed E-state index contributed by atoms with van der Waals surface area (Å²) in [7, 11) is 0. The first kappa shape index (κ1) is 25.6. The van der Waals surface area contributed by atoms with Crippen LogP contribution in [-0.2, 0) is 19.6 Å². The number of benzene rings is 2. The minimum atomic E-state index is -1.04. The number of hydrogen-bond donors (Lipinski definition) is 0. The molecule has 2 aromatic rings. The van der Waals surface area contributed by atoms with Gasteiger partial charge in [0.1, 0.15) is 0 Å². The van der Waals surface area contributed by atoms with E-state index in [1.807, 2.05) is 38.1 Å². The van der Waals surface area contributed by atoms with Gasteiger partial charge in [-0.2, -0.15) is 0 Å². The molecule has 0 saturated carbocycles. The van der Waals surface area contributed by atoms with Crippen LogP contribution in [0.4, 0.5) is 0 Å². The molecule has 0 bridgehead atoms. The first-order valence-electron chi connectivity index (χ1n) is 11.2. The predicted molar refractivity (Wildman–Crippen MR) is 122 cm³/mol. The van der Waals surface area contributed by atoms with Gasteiger partial charge in [0.05, 0.1) is 11.1 Å². The Labute approximate surface area is 190 Å². The van der Waals surface area contributed by atoms with Gasteiger partial charge < -0.3 is 0 Å². The average Bonchev–Trinajstić information content (AvgIpc) is 2.80. The van der Waals surface area contributed by atoms with Crippen molar-refractivity contribution in [2.45, 2.75) is 72.5 Å². The van der Waals surface area contributed by atoms with Crippen LogP contribution in [-0.4, -0.2) is 18.2 Å². The number of rotatable bonds is 11. The van der Waals surface area contributed by atoms with Gasteiger partial charge in [-0.3, -0.25) is 9.78 Å². The fourth-order valence-electron chi connectivity index (χ4n) is 2.89. The van der Waals surface area contributed by atoms with Crippen molar-refractivity contribution < 1.29 is 29.1 Å². The van der Waals surface area contributed by atoms with Crippen LogP contribution in [0, 0.1) is 5.92 Å². The molecule has 0 fully saturated rings. The molecule has 0 spiro atoms. The molecule has 1 unspecified atom stereocenters. The molecule has 0 heterocycles. The molecule has 0 saturated heterocycles. The highest BCUT2D eigenvalue weighted by Gasteiger charge is 2.22. The minimum absolute atomic E-state index is 0.202. The van der Waals surface area contributed by atoms with Crippen molar-refractivity contribution >= 4 is 11.9 Å². The summed E-state index contributed by atoms with van der Waals surface area (Å²) in [5.74, 6) is -0.364. The smallest absolute Gasteiger partial charge is 0.290 e. The van der Waals surface area contributed by atoms with E-state index < -0.39 is 18.2 Å². The molecule has 2 aromatic carbocycles. The van der Waals surface area contributed by atoms with Gasteiger partial charge in [0.25, 0.3) is 0 Å². The van der Waals surface area contributed by atoms with E-state index in [9.17, 15) is 9.59 Å². The first-order valence-corrected chi connectivity index (χ1v) is 11.2. The summed E-state index contributed by atoms with van der Waals surface area (Å²) in [6.07, 6.45) is 0.205. The first-order chi connectivity index (χ1) is 15.2. The Morgan fingerprint density at radius 1 is 0.688 bits per heavy atom. The quantitative estimate of drug-likeness (QED) is 0.223. The maximum Gasteiger partial charge on any atom is 0.373 e. The number of hydrogen-bond acceptors (Lipinski definition) is 6. The van der Waals surface area contributed by atoms with Crippen LogP contribution >= 0.6 is 0 Å². The van der Waals surface area contributed by atoms with Gasteiger partial charge in [-0.05, 0) is 53.1 Å². The largest absolute Gasteiger partial charge is 0.373 e. The van der Waals surface area contributed by atoms with Gasteiger partial charge in [-0.1, -0.05) is 72.2 Å². The maximum absolute atomic E-state index is 12.3. The summed E-state index contributed by atoms with van der Waals surface area (Å²) in [6, 6.07) is 14.3. The van der Waals surface area contributed by atoms with E-state index in [2.05, 4.69) is 27.7 Å². The zero-order chi connectivity index (χ0) is 23.7. The second-order valence-electron chi connectivity index (χ2n) is 8.67. The zero-order valence-electron chi connectivity index (χ0n) is 19.8. The van der Waals surface area contributed by atoms with Gasteiger partial charge in [-0.25, -0.2) is 9.59 Å². The van der Waals surface area contributed by atoms with E-state index in [-0.39, 0.29) is 5.92 Å². The Bertz CT molecular complexity index is 787. The van der Waals surface area contributed by atoms with Crippen molar-refractivity contribution in [3.05, 3.63) is 70.8 Å². The standard InChI is InChI=1S/C26H34O6/c1-7-19(6)16-24(29-31-25(27)22-12-8-20(9-13-22)17(2)3)30-32-26(28)23-14-10-21(11-15-23)18(4)5/h8-15,17-19,24H,7,16H2,1-6H3. The third-order valence-corrected chi connectivity index (χ3v) is 5.38. The Hall–Kier alpha value is -2.70. The normalized spacial score (nSPS) is 12.3. The highest BCUT2D eigenvalue weighted by molar-refractivity contribution is 5.89. The van der Waals surface area contributed by atoms with E-state index in [0.29, 0.717) is 29.4 Å². The molecule has 2 rings (SSSR count). The SMILES string of the molecule is CCC(C)CC(OOC(=O)c1ccc(C(C)C)cc1)OOC(=O)c1ccc(C(C)C)cc1. The van der Waals surface area contributed by atoms with Crippen molar-refractivity contribution in [2.75, 3.05) is 0 Å². The monoisotopic (exact) mass is 442 g/mol. The van der Waals surface area contributed by atoms with Crippen LogP contribution < -0.4 is 0 Å². The van der Waals surface area contributed by atoms with Gasteiger partial charge in [-0.15, -0.1) is 9.78 Å². The molecule has 32 heavy (non-hydrogen) atoms. The second-order valence-corrected chi connectivity index (χ2v) is 8.67. The lowest BCUT2D eigenvalue weighted by Gasteiger charge is -2.18. The minimum Gasteiger partial charge on any atom is -0.290 e. The van der Waals surface area contributed by atoms with Crippen molar-refractivity contribution in [1.29, 1.82) is 0 Å². The summed E-state index contributed by atoms with van der Waals surface area (Å²) in [5.41, 5.74) is 2.96. The van der Waals surface area contributed by atoms with Gasteiger partial charge in [0.2, 0.25) is 6.29 Å². The molecule has 6 heteroatoms. The predicted octanol–water partition coefficient (Wildman–Crippen LogP) is 6.57. The summed E-state index contributed by atoms with van der Waals surface area (Å²) >= 11 is 0. The van der Waals surface area contributed by atoms with E-state index in [1.54, 1.807) is 24.3 Å². The van der Waals surface area contributed by atoms with Crippen LogP contribution in [0.3, 0.4) is 0 Å². The van der Waals surface area contributed by atoms with Crippen molar-refractivity contribution in [1.82, 2.24) is 0 Å². The molecule has 0 aromatic heterocycles. The zero-order valence-corrected chi connectivity index (χ0v) is 19.8. The van der Waals surface area contributed by atoms with E-state index in [4.69, 9.17) is 19.6 Å². The molecular formula is C26H34O6. The Balaban J connectivity index is 1.95. The van der Waals surface area contributed by atoms with Crippen LogP contribution in [0.1, 0.15) is 98.1 Å². The fourth-order valence-corrected chi connectivity index (χ4v) is 2.89. The lowest BCUT2D eigenvalue weighted by Crippen LogP contribution is -2.24. The highest BCUT2D eigenvalue weighted by atomic mass is 17.3. The van der Waals surface area contributed by atoms with Crippen molar-refractivity contribution in [3.8, 4) is 0 Å². The second kappa shape index (κ2) is 12.4. The molecular weight excluding hydrogens is 408 g/mol. The molecule has 0 aliphatic heterocycles. The van der Waals surface area contributed by atoms with Gasteiger partial charge in [0, 0.05) is 6.42 Å². The summed E-state index contributed by atoms with van der Waals surface area (Å²) < 4.78 is 0. The van der Waals surface area contributed by atoms with Crippen molar-refractivity contribution in [3.63, 3.8) is 0 Å². The summed E-state index contributed by atoms with van der Waals surface area (Å²) in [4.78, 5) is 45.0. The molecule has 0 radical (unpaired) electrons. The molecule has 0 amide bonds. The topological polar surface area (TPSA) is 71.1 Å². The lowest BCUT2D eigenvalue weighted by molar-refractivity contribution is -0.423. The fraction of sp³-hybridized carbons (Fsp3) is 0.462. The van der Waals surface area contributed by atoms with Crippen LogP contribution in [0.25, 0.3) is 0 Å². The van der Waals surface area contributed by atoms with Gasteiger partial charge in [0.15, 0.2) is 0 Å². The highest BCUT2D eigenvalue weighted by Crippen LogP contribution is 2.19. The Kier molecular flexibility index (Phi) is 9.88. The summed E-state index contributed by atoms with van der Waals surface area (Å²) in [5, 5.41) is 0. The molecule has 0 aliphatic rings. The lowest BCUT2D eigenvalue weighted by atomic mass is 10.0.